The van der Waals surface area contributed by atoms with Crippen LogP contribution in [0.3, 0.4) is 0 Å². The molecular formula is C49H30N4O2S. The van der Waals surface area contributed by atoms with Gasteiger partial charge in [-0.2, -0.15) is 5.26 Å². The number of hydrogen-bond acceptors (Lipinski definition) is 3. The predicted molar refractivity (Wildman–Crippen MR) is 226 cm³/mol. The lowest BCUT2D eigenvalue weighted by Crippen LogP contribution is -2.03. The summed E-state index contributed by atoms with van der Waals surface area (Å²) in [7, 11) is -3.82. The molecular weight excluding hydrogens is 709 g/mol. The number of hydrogen-bond donors (Lipinski definition) is 0. The summed E-state index contributed by atoms with van der Waals surface area (Å²) < 4.78 is 34.5. The molecule has 0 saturated heterocycles. The standard InChI is InChI=1S/C49H30N4O2S/c50-31-32-19-23-36(24-20-32)56(54,55)37-25-21-35(22-26-37)53-45-28-27-44-48(39-16-8-10-18-43(39)51(44)33-11-3-1-4-12-33)49(45)41-29-40-38-15-7-9-17-42(38)52(46(40)30-47(41)53)34-13-5-2-6-14-34/h1-30H. The molecule has 6 nitrogen and oxygen atoms in total. The zero-order chi connectivity index (χ0) is 37.5. The van der Waals surface area contributed by atoms with E-state index in [1.54, 1.807) is 12.1 Å². The fourth-order valence-electron chi connectivity index (χ4n) is 8.64. The van der Waals surface area contributed by atoms with Crippen LogP contribution in [-0.4, -0.2) is 22.1 Å². The average molecular weight is 739 g/mol. The lowest BCUT2D eigenvalue weighted by molar-refractivity contribution is 0.596. The van der Waals surface area contributed by atoms with Crippen molar-refractivity contribution in [2.24, 2.45) is 0 Å². The second kappa shape index (κ2) is 12.1. The van der Waals surface area contributed by atoms with Gasteiger partial charge in [0.2, 0.25) is 9.84 Å². The molecule has 0 amide bonds. The van der Waals surface area contributed by atoms with Gasteiger partial charge >= 0.3 is 0 Å². The van der Waals surface area contributed by atoms with Gasteiger partial charge in [0, 0.05) is 49.4 Å². The molecule has 8 aromatic carbocycles. The van der Waals surface area contributed by atoms with E-state index < -0.39 is 9.84 Å². The quantitative estimate of drug-likeness (QED) is 0.176. The third-order valence-corrected chi connectivity index (χ3v) is 12.9. The molecule has 0 bridgehead atoms. The molecule has 56 heavy (non-hydrogen) atoms. The second-order valence-corrected chi connectivity index (χ2v) is 16.0. The number of nitriles is 1. The minimum absolute atomic E-state index is 0.148. The van der Waals surface area contributed by atoms with Crippen molar-refractivity contribution in [1.29, 1.82) is 5.26 Å². The molecule has 0 aliphatic rings. The van der Waals surface area contributed by atoms with Crippen molar-refractivity contribution in [3.8, 4) is 23.1 Å². The van der Waals surface area contributed by atoms with E-state index >= 15 is 0 Å². The van der Waals surface area contributed by atoms with E-state index in [-0.39, 0.29) is 9.79 Å². The van der Waals surface area contributed by atoms with Crippen LogP contribution in [0.25, 0.3) is 82.5 Å². The summed E-state index contributed by atoms with van der Waals surface area (Å²) in [5.74, 6) is 0. The van der Waals surface area contributed by atoms with Gasteiger partial charge in [0.25, 0.3) is 0 Å². The maximum absolute atomic E-state index is 13.8. The first-order chi connectivity index (χ1) is 27.5. The number of benzene rings is 8. The normalized spacial score (nSPS) is 12.1. The minimum Gasteiger partial charge on any atom is -0.309 e. The van der Waals surface area contributed by atoms with Gasteiger partial charge in [0.15, 0.2) is 0 Å². The third kappa shape index (κ3) is 4.57. The van der Waals surface area contributed by atoms with E-state index in [2.05, 4.69) is 141 Å². The third-order valence-electron chi connectivity index (χ3n) is 11.1. The Morgan fingerprint density at radius 3 is 1.43 bits per heavy atom. The van der Waals surface area contributed by atoms with Crippen LogP contribution in [0.15, 0.2) is 192 Å². The maximum atomic E-state index is 13.8. The molecule has 0 fully saturated rings. The van der Waals surface area contributed by atoms with Crippen LogP contribution in [0.1, 0.15) is 5.56 Å². The molecule has 11 aromatic rings. The molecule has 3 aromatic heterocycles. The van der Waals surface area contributed by atoms with Gasteiger partial charge in [0.1, 0.15) is 0 Å². The van der Waals surface area contributed by atoms with Gasteiger partial charge < -0.3 is 13.7 Å². The summed E-state index contributed by atoms with van der Waals surface area (Å²) in [6.45, 7) is 0. The Kier molecular flexibility index (Phi) is 6.90. The molecule has 3 heterocycles. The number of nitrogens with zero attached hydrogens (tertiary/aromatic N) is 4. The van der Waals surface area contributed by atoms with Crippen molar-refractivity contribution < 1.29 is 8.42 Å². The Morgan fingerprint density at radius 2 is 0.821 bits per heavy atom. The van der Waals surface area contributed by atoms with Gasteiger partial charge in [-0.1, -0.05) is 72.8 Å². The SMILES string of the molecule is N#Cc1ccc(S(=O)(=O)c2ccc(-n3c4cc5c(cc4c4c6c7ccccc7n(-c7ccccc7)c6ccc43)c3ccccc3n5-c3ccccc3)cc2)cc1. The number of para-hydroxylation sites is 4. The van der Waals surface area contributed by atoms with E-state index in [4.69, 9.17) is 0 Å². The van der Waals surface area contributed by atoms with E-state index in [1.165, 1.54) is 29.7 Å². The Morgan fingerprint density at radius 1 is 0.375 bits per heavy atom. The highest BCUT2D eigenvalue weighted by molar-refractivity contribution is 7.91. The van der Waals surface area contributed by atoms with Gasteiger partial charge in [-0.15, -0.1) is 0 Å². The fraction of sp³-hybridized carbons (Fsp3) is 0. The average Bonchev–Trinajstić information content (AvgIpc) is 3.88. The van der Waals surface area contributed by atoms with E-state index in [1.807, 2.05) is 24.3 Å². The predicted octanol–water partition coefficient (Wildman–Crippen LogP) is 11.7. The van der Waals surface area contributed by atoms with Crippen molar-refractivity contribution in [2.75, 3.05) is 0 Å². The summed E-state index contributed by atoms with van der Waals surface area (Å²) in [6, 6.07) is 62.4. The molecule has 0 atom stereocenters. The molecule has 0 radical (unpaired) electrons. The maximum Gasteiger partial charge on any atom is 0.206 e. The molecule has 0 N–H and O–H groups in total. The first-order valence-electron chi connectivity index (χ1n) is 18.4. The zero-order valence-electron chi connectivity index (χ0n) is 29.8. The first kappa shape index (κ1) is 32.1. The smallest absolute Gasteiger partial charge is 0.206 e. The van der Waals surface area contributed by atoms with Crippen LogP contribution >= 0.6 is 0 Å². The molecule has 264 valence electrons. The molecule has 0 unspecified atom stereocenters. The highest BCUT2D eigenvalue weighted by Gasteiger charge is 2.24. The van der Waals surface area contributed by atoms with Crippen LogP contribution in [0, 0.1) is 11.3 Å². The van der Waals surface area contributed by atoms with Crippen LogP contribution in [0.5, 0.6) is 0 Å². The van der Waals surface area contributed by atoms with E-state index in [0.717, 1.165) is 77.1 Å². The number of sulfone groups is 1. The minimum atomic E-state index is -3.82. The van der Waals surface area contributed by atoms with E-state index in [0.29, 0.717) is 5.56 Å². The van der Waals surface area contributed by atoms with Crippen molar-refractivity contribution in [3.63, 3.8) is 0 Å². The number of aromatic nitrogens is 3. The summed E-state index contributed by atoms with van der Waals surface area (Å²) in [6.07, 6.45) is 0. The zero-order valence-corrected chi connectivity index (χ0v) is 30.7. The van der Waals surface area contributed by atoms with Crippen LogP contribution in [0.2, 0.25) is 0 Å². The monoisotopic (exact) mass is 738 g/mol. The first-order valence-corrected chi connectivity index (χ1v) is 19.9. The van der Waals surface area contributed by atoms with Crippen molar-refractivity contribution in [3.05, 3.63) is 188 Å². The lowest BCUT2D eigenvalue weighted by Gasteiger charge is -2.11. The van der Waals surface area contributed by atoms with Crippen molar-refractivity contribution in [2.45, 2.75) is 9.79 Å². The topological polar surface area (TPSA) is 72.7 Å². The Balaban J connectivity index is 1.25. The van der Waals surface area contributed by atoms with Crippen molar-refractivity contribution >= 4 is 75.3 Å². The number of fused-ring (bicyclic) bond motifs is 10. The molecule has 0 saturated carbocycles. The van der Waals surface area contributed by atoms with Gasteiger partial charge in [0.05, 0.1) is 54.5 Å². The van der Waals surface area contributed by atoms with Crippen molar-refractivity contribution in [1.82, 2.24) is 13.7 Å². The Labute approximate surface area is 321 Å². The van der Waals surface area contributed by atoms with E-state index in [9.17, 15) is 13.7 Å². The Bertz CT molecular complexity index is 3520. The fourth-order valence-corrected chi connectivity index (χ4v) is 9.90. The van der Waals surface area contributed by atoms with Gasteiger partial charge in [-0.25, -0.2) is 8.42 Å². The molecule has 0 aliphatic heterocycles. The molecule has 11 rings (SSSR count). The van der Waals surface area contributed by atoms with Crippen LogP contribution < -0.4 is 0 Å². The summed E-state index contributed by atoms with van der Waals surface area (Å²) in [5.41, 5.74) is 9.90. The lowest BCUT2D eigenvalue weighted by atomic mass is 10.0. The molecule has 0 spiro atoms. The van der Waals surface area contributed by atoms with Crippen LogP contribution in [0.4, 0.5) is 0 Å². The highest BCUT2D eigenvalue weighted by atomic mass is 32.2. The second-order valence-electron chi connectivity index (χ2n) is 14.1. The summed E-state index contributed by atoms with van der Waals surface area (Å²) in [4.78, 5) is 0.334. The molecule has 7 heteroatoms. The Hall–Kier alpha value is -7.40. The van der Waals surface area contributed by atoms with Crippen LogP contribution in [-0.2, 0) is 9.84 Å². The van der Waals surface area contributed by atoms with Gasteiger partial charge in [-0.3, -0.25) is 0 Å². The molecule has 0 aliphatic carbocycles. The summed E-state index contributed by atoms with van der Waals surface area (Å²) in [5, 5.41) is 16.1. The highest BCUT2D eigenvalue weighted by Crippen LogP contribution is 2.45. The largest absolute Gasteiger partial charge is 0.309 e. The van der Waals surface area contributed by atoms with Gasteiger partial charge in [-0.05, 0) is 109 Å². The number of rotatable bonds is 5. The summed E-state index contributed by atoms with van der Waals surface area (Å²) >= 11 is 0.